The molecule has 1 rings (SSSR count). The Morgan fingerprint density at radius 3 is 2.27 bits per heavy atom. The molecule has 0 aromatic carbocycles. The van der Waals surface area contributed by atoms with E-state index in [9.17, 15) is 26.7 Å². The standard InChI is InChI=1S/C7H3BrF5NO/c8-4-2(7(11,12)13)1-3(15)14-5(4)6(9)10/h1,6H,(H,14,15). The van der Waals surface area contributed by atoms with Crippen LogP contribution in [0.25, 0.3) is 0 Å². The van der Waals surface area contributed by atoms with Crippen molar-refractivity contribution in [2.75, 3.05) is 0 Å². The predicted octanol–water partition coefficient (Wildman–Crippen LogP) is 3.09. The van der Waals surface area contributed by atoms with Crippen molar-refractivity contribution < 1.29 is 22.0 Å². The quantitative estimate of drug-likeness (QED) is 0.793. The van der Waals surface area contributed by atoms with Crippen LogP contribution in [0.15, 0.2) is 15.3 Å². The summed E-state index contributed by atoms with van der Waals surface area (Å²) in [7, 11) is 0. The molecule has 1 heterocycles. The maximum Gasteiger partial charge on any atom is 0.417 e. The van der Waals surface area contributed by atoms with Gasteiger partial charge >= 0.3 is 6.18 Å². The Morgan fingerprint density at radius 1 is 1.33 bits per heavy atom. The van der Waals surface area contributed by atoms with Gasteiger partial charge in [-0.25, -0.2) is 8.78 Å². The first-order valence-corrected chi connectivity index (χ1v) is 4.31. The van der Waals surface area contributed by atoms with Gasteiger partial charge in [-0.2, -0.15) is 13.2 Å². The molecule has 8 heteroatoms. The molecule has 15 heavy (non-hydrogen) atoms. The van der Waals surface area contributed by atoms with Gasteiger partial charge < -0.3 is 4.98 Å². The van der Waals surface area contributed by atoms with Gasteiger partial charge in [-0.3, -0.25) is 4.79 Å². The van der Waals surface area contributed by atoms with E-state index < -0.39 is 33.9 Å². The molecule has 1 N–H and O–H groups in total. The van der Waals surface area contributed by atoms with Gasteiger partial charge in [0, 0.05) is 6.07 Å². The molecule has 0 radical (unpaired) electrons. The lowest BCUT2D eigenvalue weighted by molar-refractivity contribution is -0.138. The number of nitrogens with one attached hydrogen (secondary N) is 1. The Morgan fingerprint density at radius 2 is 1.87 bits per heavy atom. The van der Waals surface area contributed by atoms with E-state index >= 15 is 0 Å². The van der Waals surface area contributed by atoms with Gasteiger partial charge in [0.05, 0.1) is 15.7 Å². The molecular weight excluding hydrogens is 289 g/mol. The fourth-order valence-electron chi connectivity index (χ4n) is 0.920. The summed E-state index contributed by atoms with van der Waals surface area (Å²) >= 11 is 2.38. The van der Waals surface area contributed by atoms with Gasteiger partial charge in [-0.05, 0) is 15.9 Å². The van der Waals surface area contributed by atoms with Crippen molar-refractivity contribution in [3.05, 3.63) is 32.2 Å². The highest BCUT2D eigenvalue weighted by molar-refractivity contribution is 9.10. The van der Waals surface area contributed by atoms with Crippen molar-refractivity contribution in [2.45, 2.75) is 12.6 Å². The van der Waals surface area contributed by atoms with Crippen molar-refractivity contribution >= 4 is 15.9 Å². The number of aromatic nitrogens is 1. The number of hydrogen-bond acceptors (Lipinski definition) is 1. The Balaban J connectivity index is 3.49. The van der Waals surface area contributed by atoms with Crippen LogP contribution in [-0.4, -0.2) is 4.98 Å². The highest BCUT2D eigenvalue weighted by atomic mass is 79.9. The number of aromatic amines is 1. The van der Waals surface area contributed by atoms with Gasteiger partial charge in [-0.1, -0.05) is 0 Å². The van der Waals surface area contributed by atoms with Crippen LogP contribution in [0.1, 0.15) is 17.7 Å². The lowest BCUT2D eigenvalue weighted by atomic mass is 10.2. The Kier molecular flexibility index (Phi) is 3.17. The predicted molar refractivity (Wildman–Crippen MR) is 44.7 cm³/mol. The SMILES string of the molecule is O=c1cc(C(F)(F)F)c(Br)c(C(F)F)[nH]1. The van der Waals surface area contributed by atoms with Crippen LogP contribution in [0.2, 0.25) is 0 Å². The summed E-state index contributed by atoms with van der Waals surface area (Å²) < 4.78 is 60.3. The van der Waals surface area contributed by atoms with Crippen LogP contribution < -0.4 is 5.56 Å². The third-order valence-corrected chi connectivity index (χ3v) is 2.38. The second-order valence-corrected chi connectivity index (χ2v) is 3.37. The molecule has 0 aliphatic rings. The molecular formula is C7H3BrF5NO. The van der Waals surface area contributed by atoms with E-state index in [1.54, 1.807) is 4.98 Å². The molecule has 0 atom stereocenters. The number of rotatable bonds is 1. The van der Waals surface area contributed by atoms with Crippen LogP contribution in [0.3, 0.4) is 0 Å². The lowest BCUT2D eigenvalue weighted by Crippen LogP contribution is -2.17. The second-order valence-electron chi connectivity index (χ2n) is 2.57. The van der Waals surface area contributed by atoms with Gasteiger partial charge in [-0.15, -0.1) is 0 Å². The van der Waals surface area contributed by atoms with Gasteiger partial charge in [0.25, 0.3) is 6.43 Å². The molecule has 0 spiro atoms. The Bertz CT molecular complexity index is 424. The van der Waals surface area contributed by atoms with Gasteiger partial charge in [0.1, 0.15) is 0 Å². The average molecular weight is 292 g/mol. The highest BCUT2D eigenvalue weighted by Crippen LogP contribution is 2.37. The summed E-state index contributed by atoms with van der Waals surface area (Å²) in [4.78, 5) is 12.3. The van der Waals surface area contributed by atoms with Crippen molar-refractivity contribution in [1.82, 2.24) is 4.98 Å². The van der Waals surface area contributed by atoms with Gasteiger partial charge in [0.15, 0.2) is 0 Å². The van der Waals surface area contributed by atoms with Crippen LogP contribution in [0.4, 0.5) is 22.0 Å². The van der Waals surface area contributed by atoms with Crippen LogP contribution in [0.5, 0.6) is 0 Å². The molecule has 1 aromatic rings. The summed E-state index contributed by atoms with van der Waals surface area (Å²) in [5.74, 6) is 0. The molecule has 2 nitrogen and oxygen atoms in total. The zero-order valence-corrected chi connectivity index (χ0v) is 8.42. The molecule has 0 amide bonds. The minimum absolute atomic E-state index is 0.218. The molecule has 84 valence electrons. The topological polar surface area (TPSA) is 32.9 Å². The smallest absolute Gasteiger partial charge is 0.320 e. The monoisotopic (exact) mass is 291 g/mol. The molecule has 1 aromatic heterocycles. The first-order chi connectivity index (χ1) is 6.73. The number of hydrogen-bond donors (Lipinski definition) is 1. The summed E-state index contributed by atoms with van der Waals surface area (Å²) in [5, 5.41) is 0. The maximum absolute atomic E-state index is 12.2. The minimum atomic E-state index is -4.85. The maximum atomic E-state index is 12.2. The number of halogens is 6. The van der Waals surface area contributed by atoms with Crippen molar-refractivity contribution in [3.63, 3.8) is 0 Å². The summed E-state index contributed by atoms with van der Waals surface area (Å²) in [5.41, 5.74) is -3.71. The zero-order chi connectivity index (χ0) is 11.8. The molecule has 0 saturated carbocycles. The van der Waals surface area contributed by atoms with E-state index in [1.165, 1.54) is 0 Å². The molecule has 0 aliphatic heterocycles. The first-order valence-electron chi connectivity index (χ1n) is 3.51. The van der Waals surface area contributed by atoms with Crippen molar-refractivity contribution in [3.8, 4) is 0 Å². The van der Waals surface area contributed by atoms with Gasteiger partial charge in [0.2, 0.25) is 5.56 Å². The summed E-state index contributed by atoms with van der Waals surface area (Å²) in [6.45, 7) is 0. The highest BCUT2D eigenvalue weighted by Gasteiger charge is 2.35. The Labute approximate surface area is 88.2 Å². The van der Waals surface area contributed by atoms with Crippen LogP contribution in [0, 0.1) is 0 Å². The minimum Gasteiger partial charge on any atom is -0.320 e. The number of H-pyrrole nitrogens is 1. The van der Waals surface area contributed by atoms with E-state index in [4.69, 9.17) is 0 Å². The number of pyridine rings is 1. The lowest BCUT2D eigenvalue weighted by Gasteiger charge is -2.11. The third-order valence-electron chi connectivity index (χ3n) is 1.53. The van der Waals surface area contributed by atoms with E-state index in [1.807, 2.05) is 0 Å². The zero-order valence-electron chi connectivity index (χ0n) is 6.83. The van der Waals surface area contributed by atoms with E-state index in [0.29, 0.717) is 0 Å². The number of alkyl halides is 5. The molecule has 0 saturated heterocycles. The third kappa shape index (κ3) is 2.55. The largest absolute Gasteiger partial charge is 0.417 e. The Hall–Kier alpha value is -0.920. The van der Waals surface area contributed by atoms with Crippen molar-refractivity contribution in [2.24, 2.45) is 0 Å². The van der Waals surface area contributed by atoms with Crippen LogP contribution in [-0.2, 0) is 6.18 Å². The van der Waals surface area contributed by atoms with Crippen LogP contribution >= 0.6 is 15.9 Å². The van der Waals surface area contributed by atoms with E-state index in [2.05, 4.69) is 15.9 Å². The normalized spacial score (nSPS) is 12.2. The molecule has 0 aliphatic carbocycles. The second kappa shape index (κ2) is 3.92. The fraction of sp³-hybridized carbons (Fsp3) is 0.286. The molecule has 0 bridgehead atoms. The van der Waals surface area contributed by atoms with E-state index in [0.717, 1.165) is 0 Å². The molecule has 0 fully saturated rings. The summed E-state index contributed by atoms with van der Waals surface area (Å²) in [6, 6.07) is 0.218. The summed E-state index contributed by atoms with van der Waals surface area (Å²) in [6.07, 6.45) is -8.04. The van der Waals surface area contributed by atoms with Crippen molar-refractivity contribution in [1.29, 1.82) is 0 Å². The average Bonchev–Trinajstić information content (AvgIpc) is 2.06. The van der Waals surface area contributed by atoms with E-state index in [-0.39, 0.29) is 6.07 Å². The molecule has 0 unspecified atom stereocenters. The first kappa shape index (κ1) is 12.2. The fourth-order valence-corrected chi connectivity index (χ4v) is 1.53.